The highest BCUT2D eigenvalue weighted by Crippen LogP contribution is 2.71. The van der Waals surface area contributed by atoms with Gasteiger partial charge >= 0.3 is 0 Å². The lowest BCUT2D eigenvalue weighted by Crippen LogP contribution is -2.62. The number of hydrogen-bond acceptors (Lipinski definition) is 5. The monoisotopic (exact) mass is 664 g/mol. The number of hydrogen-bond donors (Lipinski definition) is 3. The molecule has 1 aromatic heterocycles. The van der Waals surface area contributed by atoms with Gasteiger partial charge in [0, 0.05) is 39.5 Å². The van der Waals surface area contributed by atoms with Crippen molar-refractivity contribution in [2.75, 3.05) is 0 Å². The third kappa shape index (κ3) is 3.96. The van der Waals surface area contributed by atoms with Crippen molar-refractivity contribution in [3.63, 3.8) is 0 Å². The summed E-state index contributed by atoms with van der Waals surface area (Å²) in [6.45, 7) is 21.6. The van der Waals surface area contributed by atoms with Gasteiger partial charge in [0.15, 0.2) is 5.78 Å². The summed E-state index contributed by atoms with van der Waals surface area (Å²) in [7, 11) is 0. The molecule has 6 aliphatic rings. The minimum atomic E-state index is -0.853. The van der Waals surface area contributed by atoms with Gasteiger partial charge in [-0.15, -0.1) is 0 Å². The zero-order valence-electron chi connectivity index (χ0n) is 30.3. The molecule has 4 aliphatic carbocycles. The fraction of sp³-hybridized carbons (Fsp3) is 0.571. The van der Waals surface area contributed by atoms with Gasteiger partial charge in [0.25, 0.3) is 0 Å². The van der Waals surface area contributed by atoms with Crippen molar-refractivity contribution in [2.24, 2.45) is 34.3 Å². The van der Waals surface area contributed by atoms with E-state index in [4.69, 9.17) is 10.5 Å². The van der Waals surface area contributed by atoms with Gasteiger partial charge in [0.1, 0.15) is 6.04 Å². The second kappa shape index (κ2) is 9.95. The highest BCUT2D eigenvalue weighted by molar-refractivity contribution is 6.18. The molecular weight excluding hydrogens is 612 g/mol. The van der Waals surface area contributed by atoms with E-state index in [0.29, 0.717) is 17.9 Å². The second-order valence-electron chi connectivity index (χ2n) is 17.9. The summed E-state index contributed by atoms with van der Waals surface area (Å²) in [4.78, 5) is 26.2. The van der Waals surface area contributed by atoms with E-state index < -0.39 is 40.8 Å². The van der Waals surface area contributed by atoms with Crippen molar-refractivity contribution in [3.05, 3.63) is 76.5 Å². The number of Topliss-reactive ketones (excluding diaryl/α,β-unsaturated/α-hetero) is 1. The zero-order chi connectivity index (χ0) is 35.4. The number of rotatable bonds is 4. The smallest absolute Gasteiger partial charge is 0.241 e. The van der Waals surface area contributed by atoms with Gasteiger partial charge in [-0.3, -0.25) is 9.59 Å². The van der Waals surface area contributed by atoms with Crippen molar-refractivity contribution in [2.45, 2.75) is 122 Å². The molecule has 7 heteroatoms. The van der Waals surface area contributed by atoms with Crippen LogP contribution in [0.5, 0.6) is 0 Å². The Balaban J connectivity index is 1.37. The number of aliphatic hydroxyl groups excluding tert-OH is 2. The number of nitrogens with two attached hydrogens (primary N) is 1. The highest BCUT2D eigenvalue weighted by Gasteiger charge is 2.67. The van der Waals surface area contributed by atoms with Crippen LogP contribution in [0.15, 0.2) is 48.6 Å². The van der Waals surface area contributed by atoms with Gasteiger partial charge in [-0.2, -0.15) is 0 Å². The summed E-state index contributed by atoms with van der Waals surface area (Å²) >= 11 is 0. The molecule has 2 fully saturated rings. The maximum absolute atomic E-state index is 14.8. The van der Waals surface area contributed by atoms with Crippen molar-refractivity contribution in [1.29, 1.82) is 0 Å². The number of aromatic nitrogens is 1. The third-order valence-electron chi connectivity index (χ3n) is 14.4. The molecule has 0 spiro atoms. The summed E-state index contributed by atoms with van der Waals surface area (Å²) in [6, 6.07) is 1.77. The number of carbonyl (C=O) groups is 2. The topological polar surface area (TPSA) is 115 Å². The van der Waals surface area contributed by atoms with E-state index in [1.165, 1.54) is 17.3 Å². The van der Waals surface area contributed by atoms with Crippen LogP contribution in [-0.4, -0.2) is 43.8 Å². The number of ether oxygens (including phenoxy) is 1. The Bertz CT molecular complexity index is 1970. The number of allylic oxidation sites excluding steroid dienone is 3. The Hall–Kier alpha value is -3.26. The fourth-order valence-corrected chi connectivity index (χ4v) is 12.5. The van der Waals surface area contributed by atoms with E-state index in [1.54, 1.807) is 6.08 Å². The number of benzene rings is 1. The van der Waals surface area contributed by atoms with Crippen LogP contribution in [0.4, 0.5) is 0 Å². The number of carbonyl (C=O) groups excluding carboxylic acids is 2. The lowest BCUT2D eigenvalue weighted by Gasteiger charge is -2.64. The van der Waals surface area contributed by atoms with Gasteiger partial charge < -0.3 is 25.3 Å². The Morgan fingerprint density at radius 1 is 1.08 bits per heavy atom. The van der Waals surface area contributed by atoms with E-state index in [-0.39, 0.29) is 28.4 Å². The first-order valence-corrected chi connectivity index (χ1v) is 18.2. The third-order valence-corrected chi connectivity index (χ3v) is 14.4. The molecule has 7 nitrogen and oxygen atoms in total. The first kappa shape index (κ1) is 32.9. The molecule has 49 heavy (non-hydrogen) atoms. The standard InChI is InChI=1S/C42H52N2O5/c1-21(2)33-36(48)31-30-23(26-20-38(3,4)49-39(5,6)32(26)35(30)47)19-24-25-18-22-13-14-27-40(7,16-11-10-12-29(43)46)28(45)15-17-41(27,8)42(22,9)37(25)44(33)34(24)31/h10-12,16,19-20,22,27-28,32-33,35,45,47H,1,13-15,17-18H2,2-9H3,(H2,43,46)/b12-10-,16-11+/t22-,27-,28-,32+,33-,35+,40-,41-,42+/m0/s1. The summed E-state index contributed by atoms with van der Waals surface area (Å²) < 4.78 is 8.87. The van der Waals surface area contributed by atoms with Crippen LogP contribution in [0.2, 0.25) is 0 Å². The molecule has 260 valence electrons. The van der Waals surface area contributed by atoms with Crippen molar-refractivity contribution in [3.8, 4) is 0 Å². The van der Waals surface area contributed by atoms with Gasteiger partial charge in [0.05, 0.1) is 34.5 Å². The van der Waals surface area contributed by atoms with Crippen molar-refractivity contribution < 1.29 is 24.5 Å². The number of ketones is 1. The van der Waals surface area contributed by atoms with Crippen LogP contribution in [0.25, 0.3) is 16.5 Å². The highest BCUT2D eigenvalue weighted by atomic mass is 16.5. The Morgan fingerprint density at radius 3 is 2.47 bits per heavy atom. The maximum Gasteiger partial charge on any atom is 0.241 e. The molecule has 8 rings (SSSR count). The van der Waals surface area contributed by atoms with Gasteiger partial charge in [0.2, 0.25) is 5.91 Å². The maximum atomic E-state index is 14.8. The first-order chi connectivity index (χ1) is 22.8. The molecule has 1 amide bonds. The molecule has 2 aromatic rings. The molecule has 2 saturated carbocycles. The van der Waals surface area contributed by atoms with Crippen LogP contribution in [0.1, 0.15) is 126 Å². The quantitative estimate of drug-likeness (QED) is 0.182. The molecule has 0 radical (unpaired) electrons. The molecular formula is C42H52N2O5. The number of amides is 1. The molecule has 2 aliphatic heterocycles. The van der Waals surface area contributed by atoms with E-state index in [1.807, 2.05) is 13.0 Å². The molecule has 4 N–H and O–H groups in total. The molecule has 0 unspecified atom stereocenters. The van der Waals surface area contributed by atoms with Crippen LogP contribution in [-0.2, 0) is 21.4 Å². The lowest BCUT2D eigenvalue weighted by molar-refractivity contribution is -0.144. The normalized spacial score (nSPS) is 39.6. The van der Waals surface area contributed by atoms with Gasteiger partial charge in [-0.25, -0.2) is 0 Å². The van der Waals surface area contributed by atoms with Crippen molar-refractivity contribution >= 4 is 28.2 Å². The summed E-state index contributed by atoms with van der Waals surface area (Å²) in [5.74, 6) is -0.176. The first-order valence-electron chi connectivity index (χ1n) is 18.2. The number of aliphatic hydroxyl groups is 2. The van der Waals surface area contributed by atoms with Crippen molar-refractivity contribution in [1.82, 2.24) is 4.57 Å². The zero-order valence-corrected chi connectivity index (χ0v) is 30.3. The second-order valence-corrected chi connectivity index (χ2v) is 17.9. The molecule has 0 bridgehead atoms. The van der Waals surface area contributed by atoms with Crippen LogP contribution in [0, 0.1) is 28.6 Å². The Labute approximate surface area is 290 Å². The molecule has 0 saturated heterocycles. The minimum absolute atomic E-state index is 0.0288. The summed E-state index contributed by atoms with van der Waals surface area (Å²) in [6.07, 6.45) is 12.3. The fourth-order valence-electron chi connectivity index (χ4n) is 12.5. The van der Waals surface area contributed by atoms with E-state index in [2.05, 4.69) is 77.8 Å². The number of nitrogens with zero attached hydrogens (tertiary/aromatic N) is 1. The van der Waals surface area contributed by atoms with E-state index in [0.717, 1.165) is 58.9 Å². The predicted molar refractivity (Wildman–Crippen MR) is 192 cm³/mol. The van der Waals surface area contributed by atoms with E-state index >= 15 is 0 Å². The summed E-state index contributed by atoms with van der Waals surface area (Å²) in [5.41, 5.74) is 11.1. The minimum Gasteiger partial charge on any atom is -0.392 e. The summed E-state index contributed by atoms with van der Waals surface area (Å²) in [5, 5.41) is 24.9. The average molecular weight is 665 g/mol. The largest absolute Gasteiger partial charge is 0.392 e. The van der Waals surface area contributed by atoms with Crippen LogP contribution in [0.3, 0.4) is 0 Å². The molecule has 3 heterocycles. The average Bonchev–Trinajstić information content (AvgIpc) is 3.66. The number of fused-ring (bicyclic) bond motifs is 11. The Morgan fingerprint density at radius 2 is 1.80 bits per heavy atom. The molecule has 1 aromatic carbocycles. The van der Waals surface area contributed by atoms with Crippen LogP contribution >= 0.6 is 0 Å². The van der Waals surface area contributed by atoms with E-state index in [9.17, 15) is 19.8 Å². The van der Waals surface area contributed by atoms with Gasteiger partial charge in [-0.1, -0.05) is 51.2 Å². The number of primary amides is 1. The molecule has 9 atom stereocenters. The SMILES string of the molecule is C=C(C)[C@H]1C(=O)c2c3c(cc4c5c(n1c24)[C@@]1(C)[C@@H](CC[C@H]2[C@](C)(/C=C/C=C\C(N)=O)[C@@H](O)CC[C@@]21C)C5)C1=CC(C)(C)OC(C)(C)[C@H]1[C@@H]3O. The van der Waals surface area contributed by atoms with Gasteiger partial charge in [-0.05, 0) is 113 Å². The van der Waals surface area contributed by atoms with Crippen LogP contribution < -0.4 is 5.73 Å². The Kier molecular flexibility index (Phi) is 6.69. The lowest BCUT2D eigenvalue weighted by atomic mass is 9.40. The predicted octanol–water partition coefficient (Wildman–Crippen LogP) is 7.19.